The molecule has 22 heavy (non-hydrogen) atoms. The smallest absolute Gasteiger partial charge is 0.227 e. The van der Waals surface area contributed by atoms with Crippen LogP contribution in [0.4, 0.5) is 11.8 Å². The van der Waals surface area contributed by atoms with E-state index in [0.29, 0.717) is 17.8 Å². The van der Waals surface area contributed by atoms with Gasteiger partial charge in [-0.05, 0) is 43.7 Å². The molecule has 0 saturated carbocycles. The van der Waals surface area contributed by atoms with Crippen LogP contribution >= 0.6 is 0 Å². The van der Waals surface area contributed by atoms with Crippen molar-refractivity contribution in [2.75, 3.05) is 30.3 Å². The normalized spacial score (nSPS) is 23.3. The van der Waals surface area contributed by atoms with Gasteiger partial charge in [-0.2, -0.15) is 4.98 Å². The number of nitrogens with two attached hydrogens (primary N) is 1. The Morgan fingerprint density at radius 3 is 2.68 bits per heavy atom. The van der Waals surface area contributed by atoms with Crippen molar-refractivity contribution < 1.29 is 4.74 Å². The van der Waals surface area contributed by atoms with Gasteiger partial charge in [0.25, 0.3) is 0 Å². The van der Waals surface area contributed by atoms with Crippen molar-refractivity contribution in [1.82, 2.24) is 9.97 Å². The molecule has 2 aliphatic heterocycles. The molecule has 2 aliphatic rings. The largest absolute Gasteiger partial charge is 0.383 e. The first-order valence-electron chi connectivity index (χ1n) is 8.20. The number of ether oxygens (including phenoxy) is 1. The van der Waals surface area contributed by atoms with E-state index in [0.717, 1.165) is 49.4 Å². The first kappa shape index (κ1) is 13.8. The Morgan fingerprint density at radius 2 is 1.91 bits per heavy atom. The molecule has 2 fully saturated rings. The predicted molar refractivity (Wildman–Crippen MR) is 87.9 cm³/mol. The molecule has 2 N–H and O–H groups in total. The van der Waals surface area contributed by atoms with Crippen LogP contribution in [0.1, 0.15) is 25.7 Å². The number of aromatic nitrogens is 2. The van der Waals surface area contributed by atoms with Gasteiger partial charge in [0.2, 0.25) is 5.95 Å². The Hall–Kier alpha value is -1.88. The van der Waals surface area contributed by atoms with Crippen molar-refractivity contribution in [3.63, 3.8) is 0 Å². The van der Waals surface area contributed by atoms with Crippen molar-refractivity contribution in [3.8, 4) is 0 Å². The standard InChI is InChI=1S/C17H22N4O/c18-16-13-4-1-2-5-14(13)19-17(20-16)21-9-7-12(8-10-21)15-6-3-11-22-15/h1-2,4-5,12,15H,3,6-11H2,(H2,18,19,20). The molecule has 0 radical (unpaired) electrons. The second kappa shape index (κ2) is 5.72. The molecule has 0 amide bonds. The molecule has 4 rings (SSSR count). The third-order valence-electron chi connectivity index (χ3n) is 4.93. The third kappa shape index (κ3) is 2.50. The average molecular weight is 298 g/mol. The summed E-state index contributed by atoms with van der Waals surface area (Å²) in [6, 6.07) is 7.92. The Kier molecular flexibility index (Phi) is 3.58. The molecule has 116 valence electrons. The monoisotopic (exact) mass is 298 g/mol. The maximum Gasteiger partial charge on any atom is 0.227 e. The van der Waals surface area contributed by atoms with Gasteiger partial charge in [0.1, 0.15) is 5.82 Å². The summed E-state index contributed by atoms with van der Waals surface area (Å²) in [7, 11) is 0. The topological polar surface area (TPSA) is 64.3 Å². The Morgan fingerprint density at radius 1 is 1.09 bits per heavy atom. The summed E-state index contributed by atoms with van der Waals surface area (Å²) < 4.78 is 5.84. The number of piperidine rings is 1. The minimum Gasteiger partial charge on any atom is -0.383 e. The summed E-state index contributed by atoms with van der Waals surface area (Å²) in [5.74, 6) is 2.03. The van der Waals surface area contributed by atoms with E-state index in [9.17, 15) is 0 Å². The van der Waals surface area contributed by atoms with Crippen LogP contribution in [0, 0.1) is 5.92 Å². The maximum absolute atomic E-state index is 6.09. The quantitative estimate of drug-likeness (QED) is 0.923. The summed E-state index contributed by atoms with van der Waals surface area (Å²) in [6.45, 7) is 2.92. The average Bonchev–Trinajstić information content (AvgIpc) is 3.09. The van der Waals surface area contributed by atoms with Crippen LogP contribution in [-0.2, 0) is 4.74 Å². The Labute approximate surface area is 130 Å². The SMILES string of the molecule is Nc1nc(N2CCC(C3CCCO3)CC2)nc2ccccc12. The van der Waals surface area contributed by atoms with Crippen LogP contribution in [0.5, 0.6) is 0 Å². The number of rotatable bonds is 2. The highest BCUT2D eigenvalue weighted by molar-refractivity contribution is 5.88. The second-order valence-corrected chi connectivity index (χ2v) is 6.30. The van der Waals surface area contributed by atoms with Crippen LogP contribution in [0.15, 0.2) is 24.3 Å². The third-order valence-corrected chi connectivity index (χ3v) is 4.93. The van der Waals surface area contributed by atoms with Crippen molar-refractivity contribution in [2.24, 2.45) is 5.92 Å². The van der Waals surface area contributed by atoms with Gasteiger partial charge in [0, 0.05) is 25.1 Å². The molecule has 0 aliphatic carbocycles. The molecule has 5 heteroatoms. The number of benzene rings is 1. The van der Waals surface area contributed by atoms with Gasteiger partial charge in [0.05, 0.1) is 11.6 Å². The zero-order valence-electron chi connectivity index (χ0n) is 12.7. The number of fused-ring (bicyclic) bond motifs is 1. The summed E-state index contributed by atoms with van der Waals surface area (Å²) in [4.78, 5) is 11.5. The molecule has 1 aromatic heterocycles. The summed E-state index contributed by atoms with van der Waals surface area (Å²) in [5, 5.41) is 0.931. The first-order valence-corrected chi connectivity index (χ1v) is 8.20. The highest BCUT2D eigenvalue weighted by Crippen LogP contribution is 2.30. The number of anilines is 2. The predicted octanol–water partition coefficient (Wildman–Crippen LogP) is 2.61. The van der Waals surface area contributed by atoms with Gasteiger partial charge in [-0.15, -0.1) is 0 Å². The van der Waals surface area contributed by atoms with Crippen LogP contribution < -0.4 is 10.6 Å². The van der Waals surface area contributed by atoms with E-state index >= 15 is 0 Å². The van der Waals surface area contributed by atoms with Crippen LogP contribution in [0.3, 0.4) is 0 Å². The molecule has 0 bridgehead atoms. The number of nitrogens with zero attached hydrogens (tertiary/aromatic N) is 3. The molecular weight excluding hydrogens is 276 g/mol. The minimum absolute atomic E-state index is 0.477. The summed E-state index contributed by atoms with van der Waals surface area (Å²) in [5.41, 5.74) is 7.02. The van der Waals surface area contributed by atoms with Crippen molar-refractivity contribution in [1.29, 1.82) is 0 Å². The minimum atomic E-state index is 0.477. The van der Waals surface area contributed by atoms with E-state index in [2.05, 4.69) is 14.9 Å². The van der Waals surface area contributed by atoms with Crippen molar-refractivity contribution in [2.45, 2.75) is 31.8 Å². The first-order chi connectivity index (χ1) is 10.8. The molecule has 1 unspecified atom stereocenters. The molecule has 1 aromatic carbocycles. The van der Waals surface area contributed by atoms with Crippen LogP contribution in [0.25, 0.3) is 10.9 Å². The molecule has 3 heterocycles. The van der Waals surface area contributed by atoms with Gasteiger partial charge in [-0.1, -0.05) is 12.1 Å². The number of para-hydroxylation sites is 1. The number of hydrogen-bond acceptors (Lipinski definition) is 5. The molecular formula is C17H22N4O. The van der Waals surface area contributed by atoms with Crippen LogP contribution in [-0.4, -0.2) is 35.8 Å². The van der Waals surface area contributed by atoms with E-state index in [1.165, 1.54) is 12.8 Å². The second-order valence-electron chi connectivity index (χ2n) is 6.30. The fourth-order valence-electron chi connectivity index (χ4n) is 3.68. The molecule has 2 saturated heterocycles. The van der Waals surface area contributed by atoms with E-state index in [4.69, 9.17) is 10.5 Å². The molecule has 0 spiro atoms. The molecule has 5 nitrogen and oxygen atoms in total. The lowest BCUT2D eigenvalue weighted by Gasteiger charge is -2.34. The summed E-state index contributed by atoms with van der Waals surface area (Å²) in [6.07, 6.45) is 5.23. The number of nitrogen functional groups attached to an aromatic ring is 1. The highest BCUT2D eigenvalue weighted by atomic mass is 16.5. The highest BCUT2D eigenvalue weighted by Gasteiger charge is 2.30. The lowest BCUT2D eigenvalue weighted by atomic mass is 9.90. The fraction of sp³-hybridized carbons (Fsp3) is 0.529. The molecule has 1 atom stereocenters. The van der Waals surface area contributed by atoms with Crippen LogP contribution in [0.2, 0.25) is 0 Å². The number of hydrogen-bond donors (Lipinski definition) is 1. The maximum atomic E-state index is 6.09. The summed E-state index contributed by atoms with van der Waals surface area (Å²) >= 11 is 0. The molecule has 2 aromatic rings. The van der Waals surface area contributed by atoms with Crippen molar-refractivity contribution in [3.05, 3.63) is 24.3 Å². The fourth-order valence-corrected chi connectivity index (χ4v) is 3.68. The van der Waals surface area contributed by atoms with E-state index in [1.807, 2.05) is 24.3 Å². The van der Waals surface area contributed by atoms with Gasteiger partial charge < -0.3 is 15.4 Å². The van der Waals surface area contributed by atoms with Gasteiger partial charge >= 0.3 is 0 Å². The zero-order chi connectivity index (χ0) is 14.9. The zero-order valence-corrected chi connectivity index (χ0v) is 12.7. The van der Waals surface area contributed by atoms with Gasteiger partial charge in [0.15, 0.2) is 0 Å². The van der Waals surface area contributed by atoms with E-state index in [1.54, 1.807) is 0 Å². The Bertz CT molecular complexity index is 661. The van der Waals surface area contributed by atoms with Crippen molar-refractivity contribution >= 4 is 22.7 Å². The van der Waals surface area contributed by atoms with Gasteiger partial charge in [-0.25, -0.2) is 4.98 Å². The lowest BCUT2D eigenvalue weighted by Crippen LogP contribution is -2.38. The lowest BCUT2D eigenvalue weighted by molar-refractivity contribution is 0.0530. The Balaban J connectivity index is 1.51. The van der Waals surface area contributed by atoms with Gasteiger partial charge in [-0.3, -0.25) is 0 Å². The van der Waals surface area contributed by atoms with E-state index in [-0.39, 0.29) is 0 Å². The van der Waals surface area contributed by atoms with E-state index < -0.39 is 0 Å².